The van der Waals surface area contributed by atoms with E-state index in [4.69, 9.17) is 4.74 Å². The topological polar surface area (TPSA) is 89.3 Å². The summed E-state index contributed by atoms with van der Waals surface area (Å²) in [4.78, 5) is 31.1. The minimum Gasteiger partial charge on any atom is -0.470 e. The van der Waals surface area contributed by atoms with Gasteiger partial charge in [-0.1, -0.05) is 30.3 Å². The van der Waals surface area contributed by atoms with Crippen molar-refractivity contribution in [1.82, 2.24) is 20.1 Å². The molecule has 0 spiro atoms. The van der Waals surface area contributed by atoms with Crippen LogP contribution in [-0.4, -0.2) is 45.8 Å². The lowest BCUT2D eigenvalue weighted by atomic mass is 10.1. The van der Waals surface area contributed by atoms with Gasteiger partial charge in [0.2, 0.25) is 5.88 Å². The Morgan fingerprint density at radius 1 is 1.23 bits per heavy atom. The molecule has 154 valence electrons. The van der Waals surface area contributed by atoms with Crippen LogP contribution in [0, 0.1) is 5.82 Å². The van der Waals surface area contributed by atoms with Crippen LogP contribution in [0.5, 0.6) is 5.88 Å². The lowest BCUT2D eigenvalue weighted by Gasteiger charge is -2.23. The van der Waals surface area contributed by atoms with E-state index >= 15 is 0 Å². The van der Waals surface area contributed by atoms with Crippen LogP contribution in [0.4, 0.5) is 10.1 Å². The number of amides is 2. The van der Waals surface area contributed by atoms with Crippen LogP contribution in [0.2, 0.25) is 0 Å². The molecule has 2 atom stereocenters. The highest BCUT2D eigenvalue weighted by molar-refractivity contribution is 6.02. The van der Waals surface area contributed by atoms with Crippen molar-refractivity contribution >= 4 is 17.5 Å². The molecule has 30 heavy (non-hydrogen) atoms. The van der Waals surface area contributed by atoms with E-state index in [1.165, 1.54) is 9.58 Å². The molecule has 3 heterocycles. The van der Waals surface area contributed by atoms with Crippen molar-refractivity contribution < 1.29 is 18.7 Å². The Morgan fingerprint density at radius 3 is 2.77 bits per heavy atom. The molecule has 1 aliphatic rings. The molecular formula is C21H20FN5O3. The normalized spacial score (nSPS) is 18.4. The molecule has 3 aromatic rings. The molecule has 9 heteroatoms. The Balaban J connectivity index is 1.53. The summed E-state index contributed by atoms with van der Waals surface area (Å²) in [7, 11) is 1.57. The lowest BCUT2D eigenvalue weighted by Crippen LogP contribution is -2.53. The zero-order valence-corrected chi connectivity index (χ0v) is 16.4. The van der Waals surface area contributed by atoms with Gasteiger partial charge in [0.05, 0.1) is 12.7 Å². The van der Waals surface area contributed by atoms with Gasteiger partial charge in [0.25, 0.3) is 11.8 Å². The van der Waals surface area contributed by atoms with E-state index in [1.807, 2.05) is 30.3 Å². The third-order valence-corrected chi connectivity index (χ3v) is 4.88. The molecule has 1 aliphatic heterocycles. The van der Waals surface area contributed by atoms with Gasteiger partial charge in [0.15, 0.2) is 11.5 Å². The molecule has 0 saturated heterocycles. The maximum Gasteiger partial charge on any atom is 0.275 e. The summed E-state index contributed by atoms with van der Waals surface area (Å²) in [6.07, 6.45) is 2.00. The molecule has 0 bridgehead atoms. The van der Waals surface area contributed by atoms with E-state index in [9.17, 15) is 14.0 Å². The van der Waals surface area contributed by atoms with Crippen LogP contribution >= 0.6 is 0 Å². The second-order valence-corrected chi connectivity index (χ2v) is 7.01. The van der Waals surface area contributed by atoms with E-state index in [0.29, 0.717) is 12.2 Å². The average Bonchev–Trinajstić information content (AvgIpc) is 3.08. The molecule has 0 saturated carbocycles. The van der Waals surface area contributed by atoms with E-state index in [2.05, 4.69) is 15.4 Å². The number of rotatable bonds is 4. The number of carbonyl (C=O) groups excluding carboxylic acids is 2. The Hall–Kier alpha value is -3.75. The zero-order valence-electron chi connectivity index (χ0n) is 16.4. The molecule has 2 aromatic heterocycles. The first-order chi connectivity index (χ1) is 14.4. The third-order valence-electron chi connectivity index (χ3n) is 4.88. The standard InChI is InChI=1S/C21H20FN5O3/c1-13-17(21(29)26(2)16-9-6-10-23-20(16)30-13)24-19(28)18-15(22)12-27(25-18)11-14-7-4-3-5-8-14/h3-10,12-13,17H,11H2,1-2H3,(H,24,28)/t13-,17+/m1/s1. The van der Waals surface area contributed by atoms with Crippen molar-refractivity contribution in [2.24, 2.45) is 0 Å². The highest BCUT2D eigenvalue weighted by Crippen LogP contribution is 2.29. The van der Waals surface area contributed by atoms with E-state index < -0.39 is 29.8 Å². The number of hydrogen-bond donors (Lipinski definition) is 1. The number of benzene rings is 1. The van der Waals surface area contributed by atoms with Crippen molar-refractivity contribution in [1.29, 1.82) is 0 Å². The fourth-order valence-electron chi connectivity index (χ4n) is 3.29. The van der Waals surface area contributed by atoms with Crippen LogP contribution in [-0.2, 0) is 11.3 Å². The Kier molecular flexibility index (Phi) is 5.18. The number of anilines is 1. The van der Waals surface area contributed by atoms with Crippen LogP contribution in [0.15, 0.2) is 54.9 Å². The first-order valence-electron chi connectivity index (χ1n) is 9.41. The molecule has 4 rings (SSSR count). The van der Waals surface area contributed by atoms with Gasteiger partial charge in [-0.25, -0.2) is 9.37 Å². The number of pyridine rings is 1. The molecule has 8 nitrogen and oxygen atoms in total. The number of fused-ring (bicyclic) bond motifs is 1. The summed E-state index contributed by atoms with van der Waals surface area (Å²) >= 11 is 0. The van der Waals surface area contributed by atoms with Crippen molar-refractivity contribution in [3.05, 3.63) is 71.9 Å². The summed E-state index contributed by atoms with van der Waals surface area (Å²) in [5.74, 6) is -1.67. The maximum absolute atomic E-state index is 14.4. The average molecular weight is 409 g/mol. The predicted molar refractivity (Wildman–Crippen MR) is 107 cm³/mol. The van der Waals surface area contributed by atoms with Gasteiger partial charge < -0.3 is 15.0 Å². The van der Waals surface area contributed by atoms with Gasteiger partial charge in [0, 0.05) is 13.2 Å². The van der Waals surface area contributed by atoms with E-state index in [0.717, 1.165) is 11.8 Å². The summed E-state index contributed by atoms with van der Waals surface area (Å²) < 4.78 is 21.5. The summed E-state index contributed by atoms with van der Waals surface area (Å²) in [6.45, 7) is 1.96. The van der Waals surface area contributed by atoms with E-state index in [1.54, 1.807) is 32.3 Å². The number of carbonyl (C=O) groups is 2. The number of ether oxygens (including phenoxy) is 1. The minimum atomic E-state index is -1.03. The van der Waals surface area contributed by atoms with Crippen LogP contribution in [0.25, 0.3) is 0 Å². The third kappa shape index (κ3) is 3.73. The molecule has 1 aromatic carbocycles. The smallest absolute Gasteiger partial charge is 0.275 e. The first kappa shape index (κ1) is 19.6. The summed E-state index contributed by atoms with van der Waals surface area (Å²) in [5.41, 5.74) is 1.03. The van der Waals surface area contributed by atoms with Crippen LogP contribution < -0.4 is 15.0 Å². The second kappa shape index (κ2) is 7.94. The highest BCUT2D eigenvalue weighted by Gasteiger charge is 2.37. The zero-order chi connectivity index (χ0) is 21.3. The van der Waals surface area contributed by atoms with E-state index in [-0.39, 0.29) is 11.6 Å². The molecule has 0 unspecified atom stereocenters. The van der Waals surface area contributed by atoms with Gasteiger partial charge in [0.1, 0.15) is 17.8 Å². The lowest BCUT2D eigenvalue weighted by molar-refractivity contribution is -0.121. The quantitative estimate of drug-likeness (QED) is 0.712. The summed E-state index contributed by atoms with van der Waals surface area (Å²) in [6, 6.07) is 11.7. The fraction of sp³-hybridized carbons (Fsp3) is 0.238. The molecule has 1 N–H and O–H groups in total. The number of nitrogens with zero attached hydrogens (tertiary/aromatic N) is 4. The number of aromatic nitrogens is 3. The predicted octanol–water partition coefficient (Wildman–Crippen LogP) is 2.01. The maximum atomic E-state index is 14.4. The molecule has 0 aliphatic carbocycles. The monoisotopic (exact) mass is 409 g/mol. The number of hydrogen-bond acceptors (Lipinski definition) is 5. The fourth-order valence-corrected chi connectivity index (χ4v) is 3.29. The minimum absolute atomic E-state index is 0.288. The Bertz CT molecular complexity index is 1090. The van der Waals surface area contributed by atoms with Crippen molar-refractivity contribution in [3.63, 3.8) is 0 Å². The van der Waals surface area contributed by atoms with Crippen LogP contribution in [0.1, 0.15) is 23.0 Å². The Morgan fingerprint density at radius 2 is 2.00 bits per heavy atom. The molecule has 2 amide bonds. The Labute approximate surface area is 172 Å². The van der Waals surface area contributed by atoms with Gasteiger partial charge in [-0.05, 0) is 24.6 Å². The number of nitrogens with one attached hydrogen (secondary N) is 1. The molecule has 0 fully saturated rings. The molecular weight excluding hydrogens is 389 g/mol. The number of halogens is 1. The van der Waals surface area contributed by atoms with Crippen LogP contribution in [0.3, 0.4) is 0 Å². The van der Waals surface area contributed by atoms with Gasteiger partial charge >= 0.3 is 0 Å². The van der Waals surface area contributed by atoms with Crippen molar-refractivity contribution in [2.45, 2.75) is 25.6 Å². The van der Waals surface area contributed by atoms with Gasteiger partial charge in [-0.2, -0.15) is 5.10 Å². The van der Waals surface area contributed by atoms with Gasteiger partial charge in [-0.15, -0.1) is 0 Å². The van der Waals surface area contributed by atoms with Gasteiger partial charge in [-0.3, -0.25) is 14.3 Å². The molecule has 0 radical (unpaired) electrons. The van der Waals surface area contributed by atoms with Crippen molar-refractivity contribution in [2.75, 3.05) is 11.9 Å². The van der Waals surface area contributed by atoms with Crippen molar-refractivity contribution in [3.8, 4) is 5.88 Å². The summed E-state index contributed by atoms with van der Waals surface area (Å²) in [5, 5.41) is 6.61. The highest BCUT2D eigenvalue weighted by atomic mass is 19.1. The largest absolute Gasteiger partial charge is 0.470 e. The first-order valence-corrected chi connectivity index (χ1v) is 9.41. The second-order valence-electron chi connectivity index (χ2n) is 7.01. The SMILES string of the molecule is C[C@H]1Oc2ncccc2N(C)C(=O)[C@H]1NC(=O)c1nn(Cc2ccccc2)cc1F. The number of likely N-dealkylation sites (N-methyl/N-ethyl adjacent to an activating group) is 1.